The third-order valence-corrected chi connectivity index (χ3v) is 5.50. The largest absolute Gasteiger partial charge is 0.369 e. The maximum Gasteiger partial charge on any atom is 0.146 e. The first-order valence-electron chi connectivity index (χ1n) is 9.04. The van der Waals surface area contributed by atoms with Crippen LogP contribution in [-0.2, 0) is 0 Å². The van der Waals surface area contributed by atoms with Gasteiger partial charge in [0.2, 0.25) is 0 Å². The van der Waals surface area contributed by atoms with E-state index in [2.05, 4.69) is 28.5 Å². The van der Waals surface area contributed by atoms with Gasteiger partial charge in [-0.2, -0.15) is 0 Å². The van der Waals surface area contributed by atoms with Crippen LogP contribution in [0.2, 0.25) is 0 Å². The number of benzene rings is 1. The van der Waals surface area contributed by atoms with Gasteiger partial charge in [-0.25, -0.2) is 4.39 Å². The van der Waals surface area contributed by atoms with Crippen LogP contribution in [0.5, 0.6) is 0 Å². The van der Waals surface area contributed by atoms with Crippen molar-refractivity contribution in [3.05, 3.63) is 29.6 Å². The molecule has 2 heterocycles. The van der Waals surface area contributed by atoms with E-state index in [1.165, 1.54) is 26.2 Å². The summed E-state index contributed by atoms with van der Waals surface area (Å²) in [5, 5.41) is 0. The van der Waals surface area contributed by atoms with Crippen LogP contribution in [0, 0.1) is 12.7 Å². The second kappa shape index (κ2) is 7.18. The molecule has 1 aromatic rings. The zero-order valence-corrected chi connectivity index (χ0v) is 14.8. The van der Waals surface area contributed by atoms with Crippen molar-refractivity contribution in [3.8, 4) is 0 Å². The SMILES string of the molecule is Cc1ccc(N2CCC(N3CCN(C(C)C)CC3)CC2)c(F)c1. The van der Waals surface area contributed by atoms with Gasteiger partial charge in [-0.3, -0.25) is 9.80 Å². The van der Waals surface area contributed by atoms with Gasteiger partial charge >= 0.3 is 0 Å². The predicted octanol–water partition coefficient (Wildman–Crippen LogP) is 3.13. The molecule has 0 aromatic heterocycles. The van der Waals surface area contributed by atoms with E-state index >= 15 is 0 Å². The van der Waals surface area contributed by atoms with Gasteiger partial charge in [-0.1, -0.05) is 6.07 Å². The molecule has 0 amide bonds. The van der Waals surface area contributed by atoms with E-state index in [1.54, 1.807) is 6.07 Å². The van der Waals surface area contributed by atoms with Crippen LogP contribution in [0.1, 0.15) is 32.3 Å². The Balaban J connectivity index is 1.53. The Morgan fingerprint density at radius 1 is 1.00 bits per heavy atom. The molecule has 2 aliphatic rings. The van der Waals surface area contributed by atoms with E-state index < -0.39 is 0 Å². The van der Waals surface area contributed by atoms with Gasteiger partial charge in [-0.15, -0.1) is 0 Å². The highest BCUT2D eigenvalue weighted by Gasteiger charge is 2.28. The third kappa shape index (κ3) is 3.86. The summed E-state index contributed by atoms with van der Waals surface area (Å²) in [7, 11) is 0. The van der Waals surface area contributed by atoms with Crippen molar-refractivity contribution < 1.29 is 4.39 Å². The Bertz CT molecular complexity index is 515. The molecular formula is C19H30FN3. The minimum Gasteiger partial charge on any atom is -0.369 e. The molecule has 0 bridgehead atoms. The molecule has 3 rings (SSSR count). The Morgan fingerprint density at radius 3 is 2.22 bits per heavy atom. The molecule has 1 aromatic carbocycles. The molecule has 128 valence electrons. The second-order valence-electron chi connectivity index (χ2n) is 7.34. The van der Waals surface area contributed by atoms with Gasteiger partial charge in [-0.05, 0) is 51.3 Å². The van der Waals surface area contributed by atoms with Crippen LogP contribution >= 0.6 is 0 Å². The van der Waals surface area contributed by atoms with Crippen molar-refractivity contribution in [2.75, 3.05) is 44.2 Å². The molecule has 0 aliphatic carbocycles. The van der Waals surface area contributed by atoms with Crippen molar-refractivity contribution in [2.45, 2.75) is 45.7 Å². The number of nitrogens with zero attached hydrogens (tertiary/aromatic N) is 3. The average molecular weight is 319 g/mol. The van der Waals surface area contributed by atoms with Crippen LogP contribution in [-0.4, -0.2) is 61.2 Å². The molecular weight excluding hydrogens is 289 g/mol. The number of rotatable bonds is 3. The van der Waals surface area contributed by atoms with Crippen LogP contribution in [0.3, 0.4) is 0 Å². The van der Waals surface area contributed by atoms with Crippen molar-refractivity contribution >= 4 is 5.69 Å². The Labute approximate surface area is 140 Å². The van der Waals surface area contributed by atoms with E-state index in [9.17, 15) is 4.39 Å². The second-order valence-corrected chi connectivity index (χ2v) is 7.34. The molecule has 0 unspecified atom stereocenters. The highest BCUT2D eigenvalue weighted by atomic mass is 19.1. The molecule has 0 radical (unpaired) electrons. The monoisotopic (exact) mass is 319 g/mol. The van der Waals surface area contributed by atoms with Gasteiger partial charge in [0.15, 0.2) is 0 Å². The molecule has 2 saturated heterocycles. The maximum atomic E-state index is 14.1. The van der Waals surface area contributed by atoms with Crippen molar-refractivity contribution in [3.63, 3.8) is 0 Å². The topological polar surface area (TPSA) is 9.72 Å². The van der Waals surface area contributed by atoms with E-state index in [0.717, 1.165) is 37.2 Å². The van der Waals surface area contributed by atoms with Gasteiger partial charge in [0.05, 0.1) is 5.69 Å². The molecule has 0 N–H and O–H groups in total. The molecule has 0 atom stereocenters. The minimum absolute atomic E-state index is 0.0750. The smallest absolute Gasteiger partial charge is 0.146 e. The lowest BCUT2D eigenvalue weighted by Crippen LogP contribution is -2.54. The quantitative estimate of drug-likeness (QED) is 0.847. The number of halogens is 1. The van der Waals surface area contributed by atoms with E-state index in [0.29, 0.717) is 12.1 Å². The van der Waals surface area contributed by atoms with Crippen LogP contribution in [0.15, 0.2) is 18.2 Å². The zero-order valence-electron chi connectivity index (χ0n) is 14.8. The zero-order chi connectivity index (χ0) is 16.4. The standard InChI is InChI=1S/C19H30FN3/c1-15(2)21-10-12-22(13-11-21)17-6-8-23(9-7-17)19-5-4-16(3)14-18(19)20/h4-5,14-15,17H,6-13H2,1-3H3. The maximum absolute atomic E-state index is 14.1. The number of hydrogen-bond acceptors (Lipinski definition) is 3. The van der Waals surface area contributed by atoms with Crippen LogP contribution in [0.25, 0.3) is 0 Å². The summed E-state index contributed by atoms with van der Waals surface area (Å²) in [6.07, 6.45) is 2.30. The van der Waals surface area contributed by atoms with Gasteiger partial charge in [0.25, 0.3) is 0 Å². The summed E-state index contributed by atoms with van der Waals surface area (Å²) >= 11 is 0. The molecule has 2 fully saturated rings. The minimum atomic E-state index is -0.0750. The van der Waals surface area contributed by atoms with Gasteiger partial charge in [0.1, 0.15) is 5.82 Å². The summed E-state index contributed by atoms with van der Waals surface area (Å²) in [4.78, 5) is 7.44. The average Bonchev–Trinajstić information content (AvgIpc) is 2.55. The Kier molecular flexibility index (Phi) is 5.22. The first-order chi connectivity index (χ1) is 11.0. The highest BCUT2D eigenvalue weighted by Crippen LogP contribution is 2.26. The number of hydrogen-bond donors (Lipinski definition) is 0. The lowest BCUT2D eigenvalue weighted by Gasteiger charge is -2.44. The number of anilines is 1. The molecule has 0 spiro atoms. The van der Waals surface area contributed by atoms with E-state index in [-0.39, 0.29) is 5.82 Å². The molecule has 2 aliphatic heterocycles. The first-order valence-corrected chi connectivity index (χ1v) is 9.04. The van der Waals surface area contributed by atoms with Crippen molar-refractivity contribution in [2.24, 2.45) is 0 Å². The number of piperidine rings is 1. The fraction of sp³-hybridized carbons (Fsp3) is 0.684. The fourth-order valence-corrected chi connectivity index (χ4v) is 3.96. The predicted molar refractivity (Wildman–Crippen MR) is 94.7 cm³/mol. The Hall–Kier alpha value is -1.13. The summed E-state index contributed by atoms with van der Waals surface area (Å²) in [5.41, 5.74) is 1.77. The summed E-state index contributed by atoms with van der Waals surface area (Å²) in [6, 6.07) is 6.92. The summed E-state index contributed by atoms with van der Waals surface area (Å²) in [6.45, 7) is 13.2. The Morgan fingerprint density at radius 2 is 1.65 bits per heavy atom. The van der Waals surface area contributed by atoms with Crippen LogP contribution in [0.4, 0.5) is 10.1 Å². The lowest BCUT2D eigenvalue weighted by molar-refractivity contribution is 0.0692. The molecule has 23 heavy (non-hydrogen) atoms. The molecule has 3 nitrogen and oxygen atoms in total. The molecule has 4 heteroatoms. The van der Waals surface area contributed by atoms with Gasteiger partial charge < -0.3 is 4.90 Å². The normalized spacial score (nSPS) is 22.0. The number of piperazine rings is 1. The number of aryl methyl sites for hydroxylation is 1. The third-order valence-electron chi connectivity index (χ3n) is 5.50. The van der Waals surface area contributed by atoms with Crippen molar-refractivity contribution in [1.82, 2.24) is 9.80 Å². The fourth-order valence-electron chi connectivity index (χ4n) is 3.96. The van der Waals surface area contributed by atoms with Gasteiger partial charge in [0, 0.05) is 51.4 Å². The van der Waals surface area contributed by atoms with Crippen molar-refractivity contribution in [1.29, 1.82) is 0 Å². The first kappa shape index (κ1) is 16.7. The highest BCUT2D eigenvalue weighted by molar-refractivity contribution is 5.49. The lowest BCUT2D eigenvalue weighted by atomic mass is 10.0. The van der Waals surface area contributed by atoms with Crippen LogP contribution < -0.4 is 4.90 Å². The van der Waals surface area contributed by atoms with E-state index in [4.69, 9.17) is 0 Å². The van der Waals surface area contributed by atoms with E-state index in [1.807, 2.05) is 19.1 Å². The summed E-state index contributed by atoms with van der Waals surface area (Å²) in [5.74, 6) is -0.0750. The summed E-state index contributed by atoms with van der Waals surface area (Å²) < 4.78 is 14.1. The molecule has 0 saturated carbocycles.